The first-order chi connectivity index (χ1) is 12.4. The summed E-state index contributed by atoms with van der Waals surface area (Å²) in [6, 6.07) is 16.9. The van der Waals surface area contributed by atoms with Crippen molar-refractivity contribution < 1.29 is 4.39 Å². The van der Waals surface area contributed by atoms with Crippen molar-refractivity contribution in [2.24, 2.45) is 0 Å². The normalized spacial score (nSPS) is 11.5. The molecule has 0 atom stereocenters. The van der Waals surface area contributed by atoms with Crippen LogP contribution in [0.3, 0.4) is 0 Å². The zero-order valence-corrected chi connectivity index (χ0v) is 15.5. The lowest BCUT2D eigenvalue weighted by molar-refractivity contribution is 0.624. The molecule has 0 saturated carbocycles. The van der Waals surface area contributed by atoms with Gasteiger partial charge in [0.15, 0.2) is 0 Å². The minimum atomic E-state index is -0.386. The molecule has 0 bridgehead atoms. The molecule has 0 saturated heterocycles. The van der Waals surface area contributed by atoms with Gasteiger partial charge < -0.3 is 4.57 Å². The van der Waals surface area contributed by atoms with Crippen LogP contribution in [0.15, 0.2) is 48.5 Å². The highest BCUT2D eigenvalue weighted by Crippen LogP contribution is 2.27. The number of hydrogen-bond donors (Lipinski definition) is 0. The molecule has 2 aromatic carbocycles. The fraction of sp³-hybridized carbons (Fsp3) is 0.174. The van der Waals surface area contributed by atoms with E-state index in [1.165, 1.54) is 17.2 Å². The fourth-order valence-corrected chi connectivity index (χ4v) is 3.37. The summed E-state index contributed by atoms with van der Waals surface area (Å²) >= 11 is 0. The largest absolute Gasteiger partial charge is 0.318 e. The molecule has 0 spiro atoms. The van der Waals surface area contributed by atoms with Gasteiger partial charge in [-0.05, 0) is 63.1 Å². The van der Waals surface area contributed by atoms with Crippen molar-refractivity contribution in [1.29, 1.82) is 5.26 Å². The molecule has 0 aliphatic rings. The summed E-state index contributed by atoms with van der Waals surface area (Å²) < 4.78 is 16.3. The highest BCUT2D eigenvalue weighted by molar-refractivity contribution is 5.90. The van der Waals surface area contributed by atoms with Gasteiger partial charge >= 0.3 is 0 Å². The number of nitriles is 1. The molecule has 1 aromatic heterocycles. The van der Waals surface area contributed by atoms with Gasteiger partial charge in [0.05, 0.1) is 11.6 Å². The Morgan fingerprint density at radius 2 is 1.77 bits per heavy atom. The zero-order valence-electron chi connectivity index (χ0n) is 15.5. The van der Waals surface area contributed by atoms with E-state index < -0.39 is 0 Å². The minimum Gasteiger partial charge on any atom is -0.318 e. The first kappa shape index (κ1) is 17.7. The third-order valence-corrected chi connectivity index (χ3v) is 4.65. The first-order valence-corrected chi connectivity index (χ1v) is 8.55. The van der Waals surface area contributed by atoms with E-state index in [4.69, 9.17) is 0 Å². The standard InChI is InChI=1S/C23H21FN2/c1-15-9-10-23(16(2)11-15)26-17(3)12-19(18(26)4)13-20(14-25)21-7-5-6-8-22(21)24/h5-13H,1-4H3. The van der Waals surface area contributed by atoms with Gasteiger partial charge in [-0.1, -0.05) is 35.9 Å². The first-order valence-electron chi connectivity index (χ1n) is 8.55. The van der Waals surface area contributed by atoms with Gasteiger partial charge in [-0.15, -0.1) is 0 Å². The van der Waals surface area contributed by atoms with Gasteiger partial charge in [0.25, 0.3) is 0 Å². The highest BCUT2D eigenvalue weighted by atomic mass is 19.1. The molecule has 26 heavy (non-hydrogen) atoms. The van der Waals surface area contributed by atoms with Crippen molar-refractivity contribution in [3.05, 3.63) is 88.0 Å². The van der Waals surface area contributed by atoms with Crippen LogP contribution >= 0.6 is 0 Å². The van der Waals surface area contributed by atoms with Crippen LogP contribution in [0.4, 0.5) is 4.39 Å². The second kappa shape index (κ2) is 7.01. The quantitative estimate of drug-likeness (QED) is 0.543. The Kier molecular flexibility index (Phi) is 4.77. The second-order valence-electron chi connectivity index (χ2n) is 6.60. The van der Waals surface area contributed by atoms with E-state index >= 15 is 0 Å². The monoisotopic (exact) mass is 344 g/mol. The van der Waals surface area contributed by atoms with Gasteiger partial charge in [0, 0.05) is 22.6 Å². The molecule has 0 unspecified atom stereocenters. The molecule has 3 heteroatoms. The number of allylic oxidation sites excluding steroid dienone is 1. The Morgan fingerprint density at radius 3 is 2.42 bits per heavy atom. The molecule has 2 nitrogen and oxygen atoms in total. The van der Waals surface area contributed by atoms with Crippen LogP contribution in [-0.4, -0.2) is 4.57 Å². The molecule has 0 fully saturated rings. The van der Waals surface area contributed by atoms with Crippen LogP contribution in [-0.2, 0) is 0 Å². The van der Waals surface area contributed by atoms with Gasteiger partial charge in [-0.2, -0.15) is 5.26 Å². The van der Waals surface area contributed by atoms with Gasteiger partial charge in [-0.3, -0.25) is 0 Å². The maximum absolute atomic E-state index is 14.1. The summed E-state index contributed by atoms with van der Waals surface area (Å²) in [5.74, 6) is -0.386. The average molecular weight is 344 g/mol. The van der Waals surface area contributed by atoms with E-state index in [9.17, 15) is 9.65 Å². The van der Waals surface area contributed by atoms with E-state index in [1.54, 1.807) is 24.3 Å². The van der Waals surface area contributed by atoms with E-state index in [0.29, 0.717) is 11.1 Å². The third-order valence-electron chi connectivity index (χ3n) is 4.65. The average Bonchev–Trinajstić information content (AvgIpc) is 2.88. The number of benzene rings is 2. The molecule has 130 valence electrons. The molecule has 0 N–H and O–H groups in total. The lowest BCUT2D eigenvalue weighted by Gasteiger charge is -2.13. The summed E-state index contributed by atoms with van der Waals surface area (Å²) in [5.41, 5.74) is 7.20. The summed E-state index contributed by atoms with van der Waals surface area (Å²) in [4.78, 5) is 0. The van der Waals surface area contributed by atoms with Crippen molar-refractivity contribution in [2.45, 2.75) is 27.7 Å². The number of rotatable bonds is 3. The number of aromatic nitrogens is 1. The number of halogens is 1. The lowest BCUT2D eigenvalue weighted by Crippen LogP contribution is -2.01. The van der Waals surface area contributed by atoms with E-state index in [2.05, 4.69) is 42.7 Å². The van der Waals surface area contributed by atoms with Gasteiger partial charge in [0.1, 0.15) is 5.82 Å². The minimum absolute atomic E-state index is 0.323. The molecular formula is C23H21FN2. The van der Waals surface area contributed by atoms with Crippen molar-refractivity contribution in [3.63, 3.8) is 0 Å². The van der Waals surface area contributed by atoms with E-state index in [0.717, 1.165) is 22.6 Å². The Morgan fingerprint density at radius 1 is 1.04 bits per heavy atom. The van der Waals surface area contributed by atoms with Crippen molar-refractivity contribution >= 4 is 11.6 Å². The van der Waals surface area contributed by atoms with E-state index in [-0.39, 0.29) is 5.82 Å². The maximum atomic E-state index is 14.1. The van der Waals surface area contributed by atoms with E-state index in [1.807, 2.05) is 19.9 Å². The van der Waals surface area contributed by atoms with Crippen LogP contribution in [0.25, 0.3) is 17.3 Å². The molecule has 3 rings (SSSR count). The fourth-order valence-electron chi connectivity index (χ4n) is 3.37. The highest BCUT2D eigenvalue weighted by Gasteiger charge is 2.13. The summed E-state index contributed by atoms with van der Waals surface area (Å²) in [7, 11) is 0. The van der Waals surface area contributed by atoms with Gasteiger partial charge in [-0.25, -0.2) is 4.39 Å². The Labute approximate surface area is 153 Å². The summed E-state index contributed by atoms with van der Waals surface area (Å²) in [6.45, 7) is 8.23. The Balaban J connectivity index is 2.14. The van der Waals surface area contributed by atoms with Crippen molar-refractivity contribution in [1.82, 2.24) is 4.57 Å². The molecule has 3 aromatic rings. The van der Waals surface area contributed by atoms with Crippen LogP contribution in [0.2, 0.25) is 0 Å². The van der Waals surface area contributed by atoms with Gasteiger partial charge in [0.2, 0.25) is 0 Å². The van der Waals surface area contributed by atoms with Crippen LogP contribution in [0.5, 0.6) is 0 Å². The van der Waals surface area contributed by atoms with Crippen molar-refractivity contribution in [2.75, 3.05) is 0 Å². The molecule has 0 radical (unpaired) electrons. The molecule has 0 aliphatic carbocycles. The van der Waals surface area contributed by atoms with Crippen molar-refractivity contribution in [3.8, 4) is 11.8 Å². The molecular weight excluding hydrogens is 323 g/mol. The number of hydrogen-bond acceptors (Lipinski definition) is 1. The van der Waals surface area contributed by atoms with Crippen LogP contribution in [0, 0.1) is 44.8 Å². The SMILES string of the molecule is Cc1ccc(-n2c(C)cc(C=C(C#N)c3ccccc3F)c2C)c(C)c1. The third kappa shape index (κ3) is 3.19. The number of nitrogens with zero attached hydrogens (tertiary/aromatic N) is 2. The van der Waals surface area contributed by atoms with Crippen LogP contribution in [0.1, 0.15) is 33.6 Å². The number of aryl methyl sites for hydroxylation is 3. The van der Waals surface area contributed by atoms with Crippen LogP contribution < -0.4 is 0 Å². The second-order valence-corrected chi connectivity index (χ2v) is 6.60. The zero-order chi connectivity index (χ0) is 18.8. The predicted molar refractivity (Wildman–Crippen MR) is 105 cm³/mol. The topological polar surface area (TPSA) is 28.7 Å². The Bertz CT molecular complexity index is 1050. The molecule has 0 aliphatic heterocycles. The summed E-state index contributed by atoms with van der Waals surface area (Å²) in [5, 5.41) is 9.53. The molecule has 1 heterocycles. The Hall–Kier alpha value is -3.12. The predicted octanol–water partition coefficient (Wildman–Crippen LogP) is 5.91. The smallest absolute Gasteiger partial charge is 0.131 e. The summed E-state index contributed by atoms with van der Waals surface area (Å²) in [6.07, 6.45) is 1.76. The molecule has 0 amide bonds. The maximum Gasteiger partial charge on any atom is 0.131 e. The lowest BCUT2D eigenvalue weighted by atomic mass is 10.0.